The summed E-state index contributed by atoms with van der Waals surface area (Å²) >= 11 is 0. The van der Waals surface area contributed by atoms with E-state index in [-0.39, 0.29) is 6.07 Å². The fraction of sp³-hybridized carbons (Fsp3) is 0.375. The van der Waals surface area contributed by atoms with E-state index in [2.05, 4.69) is 9.72 Å². The van der Waals surface area contributed by atoms with Crippen LogP contribution in [0.1, 0.15) is 11.3 Å². The number of nitrogens with zero attached hydrogens (tertiary/aromatic N) is 1. The van der Waals surface area contributed by atoms with Crippen molar-refractivity contribution in [3.8, 4) is 11.6 Å². The molecule has 1 aromatic heterocycles. The van der Waals surface area contributed by atoms with Crippen LogP contribution in [0.5, 0.6) is 11.6 Å². The zero-order valence-corrected chi connectivity index (χ0v) is 8.23. The van der Waals surface area contributed by atoms with Crippen molar-refractivity contribution in [3.63, 3.8) is 0 Å². The summed E-state index contributed by atoms with van der Waals surface area (Å²) in [5, 5.41) is 8.93. The van der Waals surface area contributed by atoms with Gasteiger partial charge in [-0.3, -0.25) is 0 Å². The minimum Gasteiger partial charge on any atom is -0.503 e. The number of halogens is 7. The number of alkyl halides is 7. The zero-order valence-electron chi connectivity index (χ0n) is 8.23. The molecule has 0 aliphatic heterocycles. The number of aromatic hydroxyl groups is 1. The Labute approximate surface area is 94.8 Å². The molecule has 0 saturated heterocycles. The van der Waals surface area contributed by atoms with Gasteiger partial charge in [0.15, 0.2) is 5.75 Å². The van der Waals surface area contributed by atoms with Crippen LogP contribution in [0.4, 0.5) is 30.7 Å². The van der Waals surface area contributed by atoms with Gasteiger partial charge in [0.2, 0.25) is 0 Å². The molecule has 18 heavy (non-hydrogen) atoms. The van der Waals surface area contributed by atoms with Gasteiger partial charge in [0, 0.05) is 0 Å². The summed E-state index contributed by atoms with van der Waals surface area (Å²) in [5.74, 6) is -3.03. The van der Waals surface area contributed by atoms with E-state index in [1.807, 2.05) is 0 Å². The number of pyridine rings is 1. The van der Waals surface area contributed by atoms with Crippen LogP contribution in [0.3, 0.4) is 0 Å². The lowest BCUT2D eigenvalue weighted by atomic mass is 10.2. The topological polar surface area (TPSA) is 42.4 Å². The molecule has 1 rings (SSSR count). The first-order valence-corrected chi connectivity index (χ1v) is 4.16. The predicted molar refractivity (Wildman–Crippen MR) is 42.4 cm³/mol. The molecule has 0 aliphatic rings. The molecule has 3 nitrogen and oxygen atoms in total. The summed E-state index contributed by atoms with van der Waals surface area (Å²) in [6, 6.07) is -0.0804. The van der Waals surface area contributed by atoms with Gasteiger partial charge in [-0.25, -0.2) is 9.37 Å². The SMILES string of the molecule is Oc1cc(C(F)(F)F)c(CF)nc1OC(F)(F)F. The highest BCUT2D eigenvalue weighted by molar-refractivity contribution is 5.40. The molecular formula is C8H4F7NO2. The van der Waals surface area contributed by atoms with Crippen LogP contribution in [-0.4, -0.2) is 16.5 Å². The van der Waals surface area contributed by atoms with Gasteiger partial charge in [-0.1, -0.05) is 0 Å². The second kappa shape index (κ2) is 4.50. The quantitative estimate of drug-likeness (QED) is 0.845. The monoisotopic (exact) mass is 279 g/mol. The molecule has 102 valence electrons. The smallest absolute Gasteiger partial charge is 0.503 e. The maximum absolute atomic E-state index is 12.3. The maximum Gasteiger partial charge on any atom is 0.574 e. The molecule has 0 amide bonds. The highest BCUT2D eigenvalue weighted by atomic mass is 19.4. The van der Waals surface area contributed by atoms with Gasteiger partial charge < -0.3 is 9.84 Å². The Balaban J connectivity index is 3.27. The lowest BCUT2D eigenvalue weighted by molar-refractivity contribution is -0.276. The van der Waals surface area contributed by atoms with Crippen molar-refractivity contribution in [2.75, 3.05) is 0 Å². The van der Waals surface area contributed by atoms with Crippen LogP contribution >= 0.6 is 0 Å². The van der Waals surface area contributed by atoms with E-state index in [0.29, 0.717) is 0 Å². The van der Waals surface area contributed by atoms with Gasteiger partial charge in [-0.15, -0.1) is 13.2 Å². The van der Waals surface area contributed by atoms with Gasteiger partial charge in [-0.05, 0) is 6.07 Å². The highest BCUT2D eigenvalue weighted by Crippen LogP contribution is 2.38. The van der Waals surface area contributed by atoms with E-state index in [0.717, 1.165) is 0 Å². The van der Waals surface area contributed by atoms with Crippen LogP contribution < -0.4 is 4.74 Å². The molecule has 0 aliphatic carbocycles. The minimum absolute atomic E-state index is 0.0804. The highest BCUT2D eigenvalue weighted by Gasteiger charge is 2.38. The second-order valence-corrected chi connectivity index (χ2v) is 2.99. The Kier molecular flexibility index (Phi) is 3.58. The molecule has 0 atom stereocenters. The van der Waals surface area contributed by atoms with Crippen molar-refractivity contribution < 1.29 is 40.6 Å². The number of hydrogen-bond acceptors (Lipinski definition) is 3. The van der Waals surface area contributed by atoms with Crippen molar-refractivity contribution in [1.82, 2.24) is 4.98 Å². The second-order valence-electron chi connectivity index (χ2n) is 2.99. The minimum atomic E-state index is -5.27. The first kappa shape index (κ1) is 14.3. The van der Waals surface area contributed by atoms with E-state index in [1.165, 1.54) is 0 Å². The van der Waals surface area contributed by atoms with E-state index in [4.69, 9.17) is 5.11 Å². The van der Waals surface area contributed by atoms with Crippen molar-refractivity contribution in [3.05, 3.63) is 17.3 Å². The Hall–Kier alpha value is -1.74. The molecule has 1 heterocycles. The first-order valence-electron chi connectivity index (χ1n) is 4.16. The summed E-state index contributed by atoms with van der Waals surface area (Å²) in [6.45, 7) is -1.76. The molecule has 0 aromatic carbocycles. The van der Waals surface area contributed by atoms with E-state index >= 15 is 0 Å². The Morgan fingerprint density at radius 3 is 2.11 bits per heavy atom. The lowest BCUT2D eigenvalue weighted by Crippen LogP contribution is -2.19. The van der Waals surface area contributed by atoms with Crippen molar-refractivity contribution in [1.29, 1.82) is 0 Å². The van der Waals surface area contributed by atoms with Crippen LogP contribution in [0, 0.1) is 0 Å². The molecule has 0 saturated carbocycles. The van der Waals surface area contributed by atoms with Gasteiger partial charge in [0.05, 0.1) is 11.3 Å². The van der Waals surface area contributed by atoms with Gasteiger partial charge in [-0.2, -0.15) is 13.2 Å². The predicted octanol–water partition coefficient (Wildman–Crippen LogP) is 3.17. The molecule has 0 unspecified atom stereocenters. The molecule has 0 fully saturated rings. The Morgan fingerprint density at radius 1 is 1.17 bits per heavy atom. The van der Waals surface area contributed by atoms with Gasteiger partial charge >= 0.3 is 12.5 Å². The number of ether oxygens (including phenoxy) is 1. The van der Waals surface area contributed by atoms with Crippen LogP contribution in [-0.2, 0) is 12.9 Å². The molecule has 1 N–H and O–H groups in total. The standard InChI is InChI=1S/C8H4F7NO2/c9-2-4-3(7(10,11)12)1-5(17)6(16-4)18-8(13,14)15/h1,17H,2H2. The molecule has 0 radical (unpaired) electrons. The summed E-state index contributed by atoms with van der Waals surface area (Å²) in [4.78, 5) is 2.66. The molecule has 1 aromatic rings. The normalized spacial score (nSPS) is 12.6. The molecule has 0 spiro atoms. The number of rotatable bonds is 2. The van der Waals surface area contributed by atoms with Crippen LogP contribution in [0.25, 0.3) is 0 Å². The molecular weight excluding hydrogens is 275 g/mol. The fourth-order valence-electron chi connectivity index (χ4n) is 1.05. The summed E-state index contributed by atoms with van der Waals surface area (Å²) in [6.07, 6.45) is -10.3. The van der Waals surface area contributed by atoms with E-state index < -0.39 is 42.1 Å². The molecule has 0 bridgehead atoms. The molecule has 10 heteroatoms. The van der Waals surface area contributed by atoms with Crippen molar-refractivity contribution in [2.24, 2.45) is 0 Å². The van der Waals surface area contributed by atoms with Crippen LogP contribution in [0.2, 0.25) is 0 Å². The fourth-order valence-corrected chi connectivity index (χ4v) is 1.05. The average molecular weight is 279 g/mol. The van der Waals surface area contributed by atoms with Gasteiger partial charge in [0.25, 0.3) is 5.88 Å². The summed E-state index contributed by atoms with van der Waals surface area (Å²) in [5.41, 5.74) is -2.98. The third-order valence-electron chi connectivity index (χ3n) is 1.69. The largest absolute Gasteiger partial charge is 0.574 e. The van der Waals surface area contributed by atoms with Crippen molar-refractivity contribution >= 4 is 0 Å². The summed E-state index contributed by atoms with van der Waals surface area (Å²) < 4.78 is 87.7. The first-order chi connectivity index (χ1) is 8.04. The third-order valence-corrected chi connectivity index (χ3v) is 1.69. The Morgan fingerprint density at radius 2 is 1.72 bits per heavy atom. The van der Waals surface area contributed by atoms with E-state index in [9.17, 15) is 30.7 Å². The van der Waals surface area contributed by atoms with Crippen molar-refractivity contribution in [2.45, 2.75) is 19.2 Å². The lowest BCUT2D eigenvalue weighted by Gasteiger charge is -2.14. The average Bonchev–Trinajstić information content (AvgIpc) is 2.17. The maximum atomic E-state index is 12.3. The Bertz CT molecular complexity index is 440. The zero-order chi connectivity index (χ0) is 14.1. The van der Waals surface area contributed by atoms with Gasteiger partial charge in [0.1, 0.15) is 6.67 Å². The third kappa shape index (κ3) is 3.37. The van der Waals surface area contributed by atoms with E-state index in [1.54, 1.807) is 0 Å². The number of hydrogen-bond donors (Lipinski definition) is 1. The van der Waals surface area contributed by atoms with Crippen LogP contribution in [0.15, 0.2) is 6.07 Å². The number of aromatic nitrogens is 1. The summed E-state index contributed by atoms with van der Waals surface area (Å²) in [7, 11) is 0.